The number of hydrogen-bond donors (Lipinski definition) is 2. The lowest BCUT2D eigenvalue weighted by atomic mass is 10.2. The van der Waals surface area contributed by atoms with Gasteiger partial charge in [-0.25, -0.2) is 4.68 Å². The molecule has 1 aromatic carbocycles. The number of hydrogen-bond acceptors (Lipinski definition) is 4. The molecule has 0 aliphatic rings. The molecule has 2 rings (SSSR count). The molecule has 2 N–H and O–H groups in total. The summed E-state index contributed by atoms with van der Waals surface area (Å²) in [6.45, 7) is 1.18. The van der Waals surface area contributed by atoms with E-state index in [0.717, 1.165) is 11.3 Å². The number of carbonyl (C=O) groups excluding carboxylic acids is 1. The molecule has 2 aromatic rings. The predicted molar refractivity (Wildman–Crippen MR) is 78.5 cm³/mol. The van der Waals surface area contributed by atoms with Crippen LogP contribution in [0.5, 0.6) is 0 Å². The Morgan fingerprint density at radius 3 is 2.95 bits per heavy atom. The van der Waals surface area contributed by atoms with Crippen LogP contribution < -0.4 is 10.6 Å². The van der Waals surface area contributed by atoms with Gasteiger partial charge in [0.1, 0.15) is 0 Å². The summed E-state index contributed by atoms with van der Waals surface area (Å²) in [7, 11) is 0. The smallest absolute Gasteiger partial charge is 0.234 e. The van der Waals surface area contributed by atoms with Crippen molar-refractivity contribution in [2.75, 3.05) is 13.1 Å². The van der Waals surface area contributed by atoms with Gasteiger partial charge in [0.15, 0.2) is 0 Å². The maximum Gasteiger partial charge on any atom is 0.234 e. The highest BCUT2D eigenvalue weighted by Gasteiger charge is 2.05. The van der Waals surface area contributed by atoms with Crippen LogP contribution in [0.15, 0.2) is 42.7 Å². The van der Waals surface area contributed by atoms with E-state index in [-0.39, 0.29) is 12.5 Å². The van der Waals surface area contributed by atoms with E-state index in [0.29, 0.717) is 19.5 Å². The lowest BCUT2D eigenvalue weighted by Crippen LogP contribution is -2.34. The van der Waals surface area contributed by atoms with Crippen molar-refractivity contribution in [3.8, 4) is 11.8 Å². The second-order valence-corrected chi connectivity index (χ2v) is 4.44. The Labute approximate surface area is 123 Å². The first-order valence-electron chi connectivity index (χ1n) is 6.73. The zero-order chi connectivity index (χ0) is 14.9. The topological polar surface area (TPSA) is 82.7 Å². The first-order chi connectivity index (χ1) is 10.3. The quantitative estimate of drug-likeness (QED) is 0.742. The maximum atomic E-state index is 11.5. The zero-order valence-corrected chi connectivity index (χ0v) is 11.6. The van der Waals surface area contributed by atoms with Gasteiger partial charge < -0.3 is 10.6 Å². The zero-order valence-electron chi connectivity index (χ0n) is 11.6. The molecule has 21 heavy (non-hydrogen) atoms. The Bertz CT molecular complexity index is 615. The molecular formula is C15H17N5O. The van der Waals surface area contributed by atoms with Crippen LogP contribution in [0.4, 0.5) is 0 Å². The highest BCUT2D eigenvalue weighted by molar-refractivity contribution is 5.77. The fourth-order valence-corrected chi connectivity index (χ4v) is 1.93. The largest absolute Gasteiger partial charge is 0.354 e. The van der Waals surface area contributed by atoms with Crippen LogP contribution in [-0.4, -0.2) is 28.8 Å². The van der Waals surface area contributed by atoms with Crippen LogP contribution in [0.1, 0.15) is 12.0 Å². The SMILES string of the molecule is N#CCCNC(=O)CNCc1ccccc1-n1cccn1. The molecule has 6 nitrogen and oxygen atoms in total. The van der Waals surface area contributed by atoms with E-state index >= 15 is 0 Å². The number of carbonyl (C=O) groups is 1. The summed E-state index contributed by atoms with van der Waals surface area (Å²) in [6.07, 6.45) is 3.94. The van der Waals surface area contributed by atoms with Gasteiger partial charge in [-0.15, -0.1) is 0 Å². The van der Waals surface area contributed by atoms with Crippen molar-refractivity contribution in [1.29, 1.82) is 5.26 Å². The summed E-state index contributed by atoms with van der Waals surface area (Å²) in [6, 6.07) is 11.7. The van der Waals surface area contributed by atoms with Crippen LogP contribution in [0.3, 0.4) is 0 Å². The molecule has 6 heteroatoms. The predicted octanol–water partition coefficient (Wildman–Crippen LogP) is 0.992. The molecule has 0 spiro atoms. The number of para-hydroxylation sites is 1. The lowest BCUT2D eigenvalue weighted by Gasteiger charge is -2.10. The molecule has 1 heterocycles. The van der Waals surface area contributed by atoms with Crippen molar-refractivity contribution in [3.63, 3.8) is 0 Å². The van der Waals surface area contributed by atoms with E-state index < -0.39 is 0 Å². The molecule has 0 saturated carbocycles. The molecule has 0 fully saturated rings. The van der Waals surface area contributed by atoms with E-state index in [9.17, 15) is 4.79 Å². The van der Waals surface area contributed by atoms with Gasteiger partial charge in [-0.2, -0.15) is 10.4 Å². The van der Waals surface area contributed by atoms with Gasteiger partial charge in [0.25, 0.3) is 0 Å². The third kappa shape index (κ3) is 4.44. The second-order valence-electron chi connectivity index (χ2n) is 4.44. The number of benzene rings is 1. The normalized spacial score (nSPS) is 10.0. The average Bonchev–Trinajstić information content (AvgIpc) is 3.02. The van der Waals surface area contributed by atoms with Crippen molar-refractivity contribution < 1.29 is 4.79 Å². The van der Waals surface area contributed by atoms with Gasteiger partial charge in [0, 0.05) is 25.5 Å². The number of rotatable bonds is 7. The van der Waals surface area contributed by atoms with Crippen molar-refractivity contribution in [2.24, 2.45) is 0 Å². The minimum absolute atomic E-state index is 0.109. The van der Waals surface area contributed by atoms with Crippen molar-refractivity contribution >= 4 is 5.91 Å². The molecule has 0 bridgehead atoms. The van der Waals surface area contributed by atoms with Crippen LogP contribution >= 0.6 is 0 Å². The Morgan fingerprint density at radius 2 is 2.19 bits per heavy atom. The molecule has 0 unspecified atom stereocenters. The number of nitriles is 1. The van der Waals surface area contributed by atoms with E-state index in [1.54, 1.807) is 10.9 Å². The van der Waals surface area contributed by atoms with E-state index in [2.05, 4.69) is 15.7 Å². The van der Waals surface area contributed by atoms with Crippen molar-refractivity contribution in [3.05, 3.63) is 48.3 Å². The summed E-state index contributed by atoms with van der Waals surface area (Å²) in [5.74, 6) is -0.109. The fourth-order valence-electron chi connectivity index (χ4n) is 1.93. The summed E-state index contributed by atoms with van der Waals surface area (Å²) in [4.78, 5) is 11.5. The number of aromatic nitrogens is 2. The van der Waals surface area contributed by atoms with Gasteiger partial charge >= 0.3 is 0 Å². The van der Waals surface area contributed by atoms with Crippen LogP contribution in [-0.2, 0) is 11.3 Å². The van der Waals surface area contributed by atoms with Crippen LogP contribution in [0, 0.1) is 11.3 Å². The van der Waals surface area contributed by atoms with Gasteiger partial charge in [-0.05, 0) is 17.7 Å². The first kappa shape index (κ1) is 14.8. The third-order valence-corrected chi connectivity index (χ3v) is 2.90. The number of nitrogens with one attached hydrogen (secondary N) is 2. The van der Waals surface area contributed by atoms with E-state index in [4.69, 9.17) is 5.26 Å². The minimum atomic E-state index is -0.109. The molecule has 0 saturated heterocycles. The molecular weight excluding hydrogens is 266 g/mol. The monoisotopic (exact) mass is 283 g/mol. The average molecular weight is 283 g/mol. The standard InChI is InChI=1S/C15H17N5O/c16-7-3-8-18-15(21)12-17-11-13-5-1-2-6-14(13)20-10-4-9-19-20/h1-2,4-6,9-10,17H,3,8,11-12H2,(H,18,21). The molecule has 0 radical (unpaired) electrons. The highest BCUT2D eigenvalue weighted by atomic mass is 16.1. The van der Waals surface area contributed by atoms with Gasteiger partial charge in [-0.1, -0.05) is 18.2 Å². The van der Waals surface area contributed by atoms with Crippen molar-refractivity contribution in [2.45, 2.75) is 13.0 Å². The van der Waals surface area contributed by atoms with Gasteiger partial charge in [0.2, 0.25) is 5.91 Å². The fraction of sp³-hybridized carbons (Fsp3) is 0.267. The second kappa shape index (κ2) is 7.82. The van der Waals surface area contributed by atoms with Gasteiger partial charge in [0.05, 0.1) is 24.7 Å². The van der Waals surface area contributed by atoms with Crippen LogP contribution in [0.2, 0.25) is 0 Å². The summed E-state index contributed by atoms with van der Waals surface area (Å²) < 4.78 is 1.80. The Morgan fingerprint density at radius 1 is 1.33 bits per heavy atom. The first-order valence-corrected chi connectivity index (χ1v) is 6.73. The summed E-state index contributed by atoms with van der Waals surface area (Å²) in [5, 5.41) is 18.4. The molecule has 108 valence electrons. The molecule has 1 aromatic heterocycles. The lowest BCUT2D eigenvalue weighted by molar-refractivity contribution is -0.120. The Kier molecular flexibility index (Phi) is 5.50. The summed E-state index contributed by atoms with van der Waals surface area (Å²) >= 11 is 0. The molecule has 1 amide bonds. The molecule has 0 aliphatic heterocycles. The summed E-state index contributed by atoms with van der Waals surface area (Å²) in [5.41, 5.74) is 2.05. The number of amides is 1. The van der Waals surface area contributed by atoms with Crippen molar-refractivity contribution in [1.82, 2.24) is 20.4 Å². The maximum absolute atomic E-state index is 11.5. The Hall–Kier alpha value is -2.65. The third-order valence-electron chi connectivity index (χ3n) is 2.90. The Balaban J connectivity index is 1.87. The van der Waals surface area contributed by atoms with E-state index in [1.165, 1.54) is 0 Å². The van der Waals surface area contributed by atoms with Gasteiger partial charge in [-0.3, -0.25) is 4.79 Å². The van der Waals surface area contributed by atoms with E-state index in [1.807, 2.05) is 42.6 Å². The van der Waals surface area contributed by atoms with Crippen LogP contribution in [0.25, 0.3) is 5.69 Å². The molecule has 0 aliphatic carbocycles. The number of nitrogens with zero attached hydrogens (tertiary/aromatic N) is 3. The highest BCUT2D eigenvalue weighted by Crippen LogP contribution is 2.12. The molecule has 0 atom stereocenters. The minimum Gasteiger partial charge on any atom is -0.354 e.